The van der Waals surface area contributed by atoms with Crippen molar-refractivity contribution in [3.05, 3.63) is 34.1 Å². The normalized spacial score (nSPS) is 26.7. The van der Waals surface area contributed by atoms with Crippen LogP contribution in [-0.2, 0) is 4.79 Å². The van der Waals surface area contributed by atoms with E-state index in [4.69, 9.17) is 0 Å². The molecule has 0 spiro atoms. The summed E-state index contributed by atoms with van der Waals surface area (Å²) < 4.78 is 14.6. The SMILES string of the molecule is CC1SC2=C(C(=O)O)C(=O)c3cc(F)c([NH+]4CCSCC4)cc3[NH+]21. The van der Waals surface area contributed by atoms with E-state index in [1.165, 1.54) is 17.8 Å². The number of quaternary nitrogens is 2. The Kier molecular flexibility index (Phi) is 3.95. The second-order valence-electron chi connectivity index (χ2n) is 6.11. The maximum atomic E-state index is 14.6. The number of hydrogen-bond donors (Lipinski definition) is 3. The van der Waals surface area contributed by atoms with Gasteiger partial charge < -0.3 is 5.11 Å². The Bertz CT molecular complexity index is 790. The fourth-order valence-electron chi connectivity index (χ4n) is 3.53. The molecule has 0 amide bonds. The number of benzene rings is 1. The first-order chi connectivity index (χ1) is 11.5. The molecule has 3 aliphatic rings. The Balaban J connectivity index is 1.83. The highest BCUT2D eigenvalue weighted by Crippen LogP contribution is 2.37. The van der Waals surface area contributed by atoms with Gasteiger partial charge in [-0.15, -0.1) is 0 Å². The van der Waals surface area contributed by atoms with Crippen molar-refractivity contribution in [1.82, 2.24) is 0 Å². The summed E-state index contributed by atoms with van der Waals surface area (Å²) in [5.74, 6) is -0.257. The number of aliphatic carboxylic acids is 1. The second-order valence-corrected chi connectivity index (χ2v) is 8.68. The van der Waals surface area contributed by atoms with Crippen molar-refractivity contribution in [3.8, 4) is 0 Å². The monoisotopic (exact) mass is 368 g/mol. The molecule has 3 aliphatic heterocycles. The zero-order valence-electron chi connectivity index (χ0n) is 13.0. The van der Waals surface area contributed by atoms with Gasteiger partial charge in [-0.05, 0) is 24.8 Å². The quantitative estimate of drug-likeness (QED) is 0.651. The first-order valence-corrected chi connectivity index (χ1v) is 9.85. The molecule has 0 saturated carbocycles. The highest BCUT2D eigenvalue weighted by molar-refractivity contribution is 8.04. The number of carbonyl (C=O) groups excluding carboxylic acids is 1. The maximum Gasteiger partial charge on any atom is 0.346 e. The fraction of sp³-hybridized carbons (Fsp3) is 0.375. The summed E-state index contributed by atoms with van der Waals surface area (Å²) in [4.78, 5) is 26.0. The number of carboxylic acids is 1. The van der Waals surface area contributed by atoms with E-state index in [1.54, 1.807) is 6.07 Å². The van der Waals surface area contributed by atoms with Crippen molar-refractivity contribution >= 4 is 46.7 Å². The summed E-state index contributed by atoms with van der Waals surface area (Å²) in [5.41, 5.74) is 1.28. The zero-order valence-corrected chi connectivity index (χ0v) is 14.7. The standard InChI is InChI=1S/C16H15FN2O3S2/c1-8-19-11-7-12(18-2-4-23-5-3-18)10(17)6-9(11)14(20)13(16(21)22)15(19)24-8/h6-8H,2-5H2,1H3,(H,21,22)/p+2. The van der Waals surface area contributed by atoms with Crippen molar-refractivity contribution < 1.29 is 28.9 Å². The molecule has 3 N–H and O–H groups in total. The lowest BCUT2D eigenvalue weighted by Gasteiger charge is -2.39. The van der Waals surface area contributed by atoms with Crippen LogP contribution in [0.4, 0.5) is 15.8 Å². The minimum Gasteiger partial charge on any atom is -0.477 e. The molecule has 2 saturated heterocycles. The molecule has 1 aromatic rings. The number of nitrogens with one attached hydrogen (secondary N) is 2. The molecule has 8 heteroatoms. The zero-order chi connectivity index (χ0) is 17.0. The lowest BCUT2D eigenvalue weighted by Crippen LogP contribution is -3.14. The van der Waals surface area contributed by atoms with Crippen LogP contribution in [0, 0.1) is 5.82 Å². The van der Waals surface area contributed by atoms with Crippen LogP contribution in [0.15, 0.2) is 22.7 Å². The largest absolute Gasteiger partial charge is 0.477 e. The van der Waals surface area contributed by atoms with Crippen molar-refractivity contribution in [2.24, 2.45) is 0 Å². The first kappa shape index (κ1) is 16.1. The third-order valence-corrected chi connectivity index (χ3v) is 6.97. The molecule has 0 bridgehead atoms. The number of ketones is 1. The van der Waals surface area contributed by atoms with Crippen molar-refractivity contribution in [2.45, 2.75) is 12.3 Å². The van der Waals surface area contributed by atoms with Gasteiger partial charge >= 0.3 is 5.97 Å². The van der Waals surface area contributed by atoms with E-state index in [-0.39, 0.29) is 16.5 Å². The predicted octanol–water partition coefficient (Wildman–Crippen LogP) is 0.191. The molecule has 2 fully saturated rings. The lowest BCUT2D eigenvalue weighted by molar-refractivity contribution is -0.831. The van der Waals surface area contributed by atoms with Gasteiger partial charge in [0.05, 0.1) is 24.7 Å². The topological polar surface area (TPSA) is 63.2 Å². The van der Waals surface area contributed by atoms with Crippen LogP contribution in [0.25, 0.3) is 0 Å². The highest BCUT2D eigenvalue weighted by atomic mass is 32.2. The maximum absolute atomic E-state index is 14.6. The predicted molar refractivity (Wildman–Crippen MR) is 90.7 cm³/mol. The summed E-state index contributed by atoms with van der Waals surface area (Å²) in [7, 11) is 0. The van der Waals surface area contributed by atoms with E-state index in [0.717, 1.165) is 34.4 Å². The van der Waals surface area contributed by atoms with Gasteiger partial charge in [0.15, 0.2) is 33.2 Å². The van der Waals surface area contributed by atoms with E-state index < -0.39 is 17.6 Å². The third-order valence-electron chi connectivity index (χ3n) is 4.73. The number of rotatable bonds is 2. The van der Waals surface area contributed by atoms with Crippen LogP contribution in [-0.4, -0.2) is 46.8 Å². The summed E-state index contributed by atoms with van der Waals surface area (Å²) in [6.45, 7) is 3.70. The molecular weight excluding hydrogens is 351 g/mol. The number of halogens is 1. The van der Waals surface area contributed by atoms with Gasteiger partial charge in [-0.3, -0.25) is 14.6 Å². The Labute approximate surface area is 146 Å². The van der Waals surface area contributed by atoms with Gasteiger partial charge in [-0.1, -0.05) is 0 Å². The number of carbonyl (C=O) groups is 2. The van der Waals surface area contributed by atoms with Gasteiger partial charge in [0, 0.05) is 11.5 Å². The summed E-state index contributed by atoms with van der Waals surface area (Å²) in [5, 5.41) is 10.0. The van der Waals surface area contributed by atoms with E-state index in [2.05, 4.69) is 0 Å². The number of fused-ring (bicyclic) bond motifs is 3. The van der Waals surface area contributed by atoms with Gasteiger partial charge in [-0.25, -0.2) is 9.18 Å². The van der Waals surface area contributed by atoms with E-state index in [0.29, 0.717) is 16.4 Å². The van der Waals surface area contributed by atoms with Gasteiger partial charge in [0.1, 0.15) is 0 Å². The summed E-state index contributed by atoms with van der Waals surface area (Å²) >= 11 is 3.26. The average molecular weight is 368 g/mol. The Morgan fingerprint density at radius 2 is 2.00 bits per heavy atom. The molecular formula is C16H17FN2O3S2+2. The van der Waals surface area contributed by atoms with Crippen LogP contribution < -0.4 is 9.80 Å². The summed E-state index contributed by atoms with van der Waals surface area (Å²) in [6.07, 6.45) is 0. The fourth-order valence-corrected chi connectivity index (χ4v) is 5.76. The second kappa shape index (κ2) is 5.87. The van der Waals surface area contributed by atoms with Gasteiger partial charge in [0.2, 0.25) is 5.78 Å². The molecule has 1 aromatic carbocycles. The van der Waals surface area contributed by atoms with E-state index in [1.807, 2.05) is 18.7 Å². The number of Topliss-reactive ketones (excluding diaryl/α,β-unsaturated/α-hetero) is 1. The number of thioether (sulfide) groups is 2. The van der Waals surface area contributed by atoms with Crippen LogP contribution in [0.5, 0.6) is 0 Å². The van der Waals surface area contributed by atoms with Gasteiger partial charge in [-0.2, -0.15) is 11.8 Å². The minimum atomic E-state index is -1.24. The van der Waals surface area contributed by atoms with Crippen LogP contribution in [0.2, 0.25) is 0 Å². The van der Waals surface area contributed by atoms with Crippen LogP contribution >= 0.6 is 23.5 Å². The smallest absolute Gasteiger partial charge is 0.346 e. The van der Waals surface area contributed by atoms with Gasteiger partial charge in [0.25, 0.3) is 0 Å². The number of carboxylic acid groups (broad SMARTS) is 1. The average Bonchev–Trinajstić information content (AvgIpc) is 2.55. The Hall–Kier alpha value is -1.35. The third kappa shape index (κ3) is 2.32. The molecule has 0 aromatic heterocycles. The van der Waals surface area contributed by atoms with E-state index >= 15 is 0 Å². The Morgan fingerprint density at radius 3 is 2.62 bits per heavy atom. The molecule has 3 heterocycles. The number of hydrogen-bond acceptors (Lipinski definition) is 4. The van der Waals surface area contributed by atoms with Crippen molar-refractivity contribution in [1.29, 1.82) is 0 Å². The molecule has 2 atom stereocenters. The summed E-state index contributed by atoms with van der Waals surface area (Å²) in [6, 6.07) is 3.02. The minimum absolute atomic E-state index is 0.117. The highest BCUT2D eigenvalue weighted by Gasteiger charge is 2.51. The van der Waals surface area contributed by atoms with Crippen molar-refractivity contribution in [2.75, 3.05) is 24.6 Å². The molecule has 0 aliphatic carbocycles. The molecule has 5 nitrogen and oxygen atoms in total. The lowest BCUT2D eigenvalue weighted by atomic mass is 9.96. The van der Waals surface area contributed by atoms with E-state index in [9.17, 15) is 19.1 Å². The van der Waals surface area contributed by atoms with Crippen LogP contribution in [0.3, 0.4) is 0 Å². The van der Waals surface area contributed by atoms with Crippen molar-refractivity contribution in [3.63, 3.8) is 0 Å². The molecule has 4 rings (SSSR count). The van der Waals surface area contributed by atoms with Crippen LogP contribution in [0.1, 0.15) is 17.3 Å². The Morgan fingerprint density at radius 1 is 1.29 bits per heavy atom. The molecule has 24 heavy (non-hydrogen) atoms. The molecule has 126 valence electrons. The first-order valence-electron chi connectivity index (χ1n) is 7.82. The molecule has 0 radical (unpaired) electrons. The molecule has 2 unspecified atom stereocenters.